The summed E-state index contributed by atoms with van der Waals surface area (Å²) in [5, 5.41) is 4.65. The minimum absolute atomic E-state index is 0.594. The van der Waals surface area contributed by atoms with Crippen molar-refractivity contribution in [3.63, 3.8) is 0 Å². The van der Waals surface area contributed by atoms with Gasteiger partial charge in [-0.2, -0.15) is 0 Å². The number of halogens is 2. The fraction of sp³-hybridized carbons (Fsp3) is 0.294. The van der Waals surface area contributed by atoms with Gasteiger partial charge in [0.1, 0.15) is 0 Å². The summed E-state index contributed by atoms with van der Waals surface area (Å²) in [4.78, 5) is 2.18. The molecule has 0 aliphatic heterocycles. The molecule has 0 saturated heterocycles. The van der Waals surface area contributed by atoms with Gasteiger partial charge in [-0.05, 0) is 42.9 Å². The van der Waals surface area contributed by atoms with Crippen molar-refractivity contribution < 1.29 is 0 Å². The fourth-order valence-electron chi connectivity index (χ4n) is 2.22. The van der Waals surface area contributed by atoms with E-state index in [1.807, 2.05) is 18.2 Å². The van der Waals surface area contributed by atoms with Crippen LogP contribution in [0.3, 0.4) is 0 Å². The molecule has 0 heterocycles. The van der Waals surface area contributed by atoms with Crippen molar-refractivity contribution in [1.82, 2.24) is 10.2 Å². The molecule has 0 unspecified atom stereocenters. The lowest BCUT2D eigenvalue weighted by Crippen LogP contribution is -2.17. The Kier molecular flexibility index (Phi) is 6.07. The van der Waals surface area contributed by atoms with Gasteiger partial charge in [0.25, 0.3) is 0 Å². The van der Waals surface area contributed by atoms with Crippen molar-refractivity contribution in [3.05, 3.63) is 69.2 Å². The van der Waals surface area contributed by atoms with E-state index in [9.17, 15) is 0 Å². The van der Waals surface area contributed by atoms with E-state index < -0.39 is 0 Å². The van der Waals surface area contributed by atoms with Crippen LogP contribution in [0.1, 0.15) is 16.7 Å². The summed E-state index contributed by atoms with van der Waals surface area (Å²) in [6.07, 6.45) is 0. The molecular weight excluding hydrogens is 303 g/mol. The fourth-order valence-corrected chi connectivity index (χ4v) is 2.54. The van der Waals surface area contributed by atoms with E-state index >= 15 is 0 Å². The maximum absolute atomic E-state index is 6.03. The molecule has 0 aromatic heterocycles. The van der Waals surface area contributed by atoms with Gasteiger partial charge in [0.2, 0.25) is 0 Å². The third-order valence-electron chi connectivity index (χ3n) is 3.23. The van der Waals surface area contributed by atoms with Crippen LogP contribution in [0.25, 0.3) is 0 Å². The summed E-state index contributed by atoms with van der Waals surface area (Å²) in [7, 11) is 4.17. The van der Waals surface area contributed by atoms with E-state index in [-0.39, 0.29) is 0 Å². The molecule has 21 heavy (non-hydrogen) atoms. The second-order valence-corrected chi connectivity index (χ2v) is 6.17. The Labute approximate surface area is 136 Å². The highest BCUT2D eigenvalue weighted by atomic mass is 35.5. The molecule has 0 fully saturated rings. The normalized spacial score (nSPS) is 11.1. The predicted molar refractivity (Wildman–Crippen MR) is 90.8 cm³/mol. The van der Waals surface area contributed by atoms with Crippen molar-refractivity contribution >= 4 is 23.2 Å². The second kappa shape index (κ2) is 7.81. The second-order valence-electron chi connectivity index (χ2n) is 5.36. The van der Waals surface area contributed by atoms with Crippen molar-refractivity contribution in [1.29, 1.82) is 0 Å². The molecule has 2 rings (SSSR count). The minimum atomic E-state index is 0.594. The number of benzene rings is 2. The van der Waals surface area contributed by atoms with E-state index in [1.165, 1.54) is 11.1 Å². The Morgan fingerprint density at radius 3 is 2.29 bits per heavy atom. The number of hydrogen-bond donors (Lipinski definition) is 1. The van der Waals surface area contributed by atoms with Crippen LogP contribution in [-0.2, 0) is 19.6 Å². The van der Waals surface area contributed by atoms with Gasteiger partial charge in [0.15, 0.2) is 0 Å². The van der Waals surface area contributed by atoms with E-state index in [0.717, 1.165) is 25.2 Å². The molecule has 0 aliphatic rings. The SMILES string of the molecule is CN(C)Cc1ccccc1CNCc1ccc(Cl)c(Cl)c1. The lowest BCUT2D eigenvalue weighted by molar-refractivity contribution is 0.400. The third kappa shape index (κ3) is 5.01. The average molecular weight is 323 g/mol. The van der Waals surface area contributed by atoms with Crippen LogP contribution < -0.4 is 5.32 Å². The van der Waals surface area contributed by atoms with Gasteiger partial charge < -0.3 is 10.2 Å². The zero-order chi connectivity index (χ0) is 15.2. The summed E-state index contributed by atoms with van der Waals surface area (Å²) in [5.74, 6) is 0. The summed E-state index contributed by atoms with van der Waals surface area (Å²) in [5.41, 5.74) is 3.81. The van der Waals surface area contributed by atoms with Crippen LogP contribution in [0.2, 0.25) is 10.0 Å². The van der Waals surface area contributed by atoms with Crippen LogP contribution in [0, 0.1) is 0 Å². The molecular formula is C17H20Cl2N2. The monoisotopic (exact) mass is 322 g/mol. The van der Waals surface area contributed by atoms with E-state index in [0.29, 0.717) is 10.0 Å². The van der Waals surface area contributed by atoms with Crippen LogP contribution in [0.5, 0.6) is 0 Å². The Hall–Kier alpha value is -1.06. The summed E-state index contributed by atoms with van der Waals surface area (Å²) >= 11 is 11.9. The minimum Gasteiger partial charge on any atom is -0.309 e. The molecule has 0 spiro atoms. The molecule has 112 valence electrons. The lowest BCUT2D eigenvalue weighted by Gasteiger charge is -2.14. The average Bonchev–Trinajstić information content (AvgIpc) is 2.44. The maximum atomic E-state index is 6.03. The number of nitrogens with one attached hydrogen (secondary N) is 1. The maximum Gasteiger partial charge on any atom is 0.0595 e. The zero-order valence-corrected chi connectivity index (χ0v) is 13.9. The number of hydrogen-bond acceptors (Lipinski definition) is 2. The molecule has 0 bridgehead atoms. The van der Waals surface area contributed by atoms with Gasteiger partial charge in [-0.3, -0.25) is 0 Å². The van der Waals surface area contributed by atoms with E-state index in [2.05, 4.69) is 48.6 Å². The Bertz CT molecular complexity index is 597. The summed E-state index contributed by atoms with van der Waals surface area (Å²) < 4.78 is 0. The van der Waals surface area contributed by atoms with Gasteiger partial charge in [-0.15, -0.1) is 0 Å². The van der Waals surface area contributed by atoms with Crippen molar-refractivity contribution in [2.24, 2.45) is 0 Å². The summed E-state index contributed by atoms with van der Waals surface area (Å²) in [6, 6.07) is 14.2. The molecule has 0 atom stereocenters. The van der Waals surface area contributed by atoms with Crippen LogP contribution in [0.15, 0.2) is 42.5 Å². The molecule has 2 aromatic rings. The van der Waals surface area contributed by atoms with E-state index in [1.54, 1.807) is 0 Å². The first kappa shape index (κ1) is 16.3. The van der Waals surface area contributed by atoms with Gasteiger partial charge >= 0.3 is 0 Å². The van der Waals surface area contributed by atoms with Gasteiger partial charge in [-0.1, -0.05) is 53.5 Å². The van der Waals surface area contributed by atoms with Gasteiger partial charge in [0.05, 0.1) is 10.0 Å². The van der Waals surface area contributed by atoms with Crippen molar-refractivity contribution in [2.45, 2.75) is 19.6 Å². The lowest BCUT2D eigenvalue weighted by atomic mass is 10.1. The highest BCUT2D eigenvalue weighted by molar-refractivity contribution is 6.42. The number of rotatable bonds is 6. The zero-order valence-electron chi connectivity index (χ0n) is 12.4. The first-order chi connectivity index (χ1) is 10.1. The molecule has 0 aliphatic carbocycles. The highest BCUT2D eigenvalue weighted by Crippen LogP contribution is 2.22. The smallest absolute Gasteiger partial charge is 0.0595 e. The topological polar surface area (TPSA) is 15.3 Å². The molecule has 0 radical (unpaired) electrons. The van der Waals surface area contributed by atoms with Crippen molar-refractivity contribution in [3.8, 4) is 0 Å². The largest absolute Gasteiger partial charge is 0.309 e. The van der Waals surface area contributed by atoms with Crippen LogP contribution >= 0.6 is 23.2 Å². The quantitative estimate of drug-likeness (QED) is 0.850. The first-order valence-electron chi connectivity index (χ1n) is 6.92. The summed E-state index contributed by atoms with van der Waals surface area (Å²) in [6.45, 7) is 2.56. The highest BCUT2D eigenvalue weighted by Gasteiger charge is 2.03. The van der Waals surface area contributed by atoms with Crippen LogP contribution in [0.4, 0.5) is 0 Å². The standard InChI is InChI=1S/C17H20Cl2N2/c1-21(2)12-15-6-4-3-5-14(15)11-20-10-13-7-8-16(18)17(19)9-13/h3-9,20H,10-12H2,1-2H3. The Morgan fingerprint density at radius 2 is 1.62 bits per heavy atom. The Balaban J connectivity index is 1.95. The molecule has 0 amide bonds. The predicted octanol–water partition coefficient (Wildman–Crippen LogP) is 4.34. The number of nitrogens with zero attached hydrogens (tertiary/aromatic N) is 1. The molecule has 1 N–H and O–H groups in total. The van der Waals surface area contributed by atoms with Crippen LogP contribution in [-0.4, -0.2) is 19.0 Å². The Morgan fingerprint density at radius 1 is 0.905 bits per heavy atom. The molecule has 2 nitrogen and oxygen atoms in total. The van der Waals surface area contributed by atoms with Gasteiger partial charge in [0, 0.05) is 19.6 Å². The van der Waals surface area contributed by atoms with Crippen molar-refractivity contribution in [2.75, 3.05) is 14.1 Å². The molecule has 4 heteroatoms. The molecule has 2 aromatic carbocycles. The first-order valence-corrected chi connectivity index (χ1v) is 7.68. The van der Waals surface area contributed by atoms with Gasteiger partial charge in [-0.25, -0.2) is 0 Å². The molecule has 0 saturated carbocycles. The van der Waals surface area contributed by atoms with E-state index in [4.69, 9.17) is 23.2 Å². The third-order valence-corrected chi connectivity index (χ3v) is 3.97.